The van der Waals surface area contributed by atoms with Crippen LogP contribution in [0.1, 0.15) is 30.1 Å². The van der Waals surface area contributed by atoms with Gasteiger partial charge in [0.2, 0.25) is 5.78 Å². The molecule has 0 spiro atoms. The Labute approximate surface area is 94.7 Å². The number of rotatable bonds is 1. The van der Waals surface area contributed by atoms with Crippen molar-refractivity contribution in [3.63, 3.8) is 0 Å². The van der Waals surface area contributed by atoms with E-state index in [1.165, 1.54) is 18.5 Å². The van der Waals surface area contributed by atoms with Crippen LogP contribution in [0.2, 0.25) is 0 Å². The van der Waals surface area contributed by atoms with E-state index < -0.39 is 0 Å². The van der Waals surface area contributed by atoms with Gasteiger partial charge in [-0.2, -0.15) is 0 Å². The van der Waals surface area contributed by atoms with E-state index in [0.29, 0.717) is 5.92 Å². The van der Waals surface area contributed by atoms with Crippen molar-refractivity contribution in [2.24, 2.45) is 0 Å². The number of hydrogen-bond donors (Lipinski definition) is 1. The van der Waals surface area contributed by atoms with Crippen LogP contribution in [0.3, 0.4) is 0 Å². The summed E-state index contributed by atoms with van der Waals surface area (Å²) in [6.07, 6.45) is 6.33. The van der Waals surface area contributed by atoms with E-state index in [1.54, 1.807) is 0 Å². The maximum absolute atomic E-state index is 4.42. The molecular formula is C12H16N4. The summed E-state index contributed by atoms with van der Waals surface area (Å²) in [5.74, 6) is 1.41. The molecule has 1 aliphatic rings. The molecule has 1 aliphatic heterocycles. The average molecular weight is 216 g/mol. The van der Waals surface area contributed by atoms with Gasteiger partial charge in [-0.1, -0.05) is 0 Å². The van der Waals surface area contributed by atoms with Gasteiger partial charge < -0.3 is 5.32 Å². The average Bonchev–Trinajstić information content (AvgIpc) is 2.77. The molecule has 0 aliphatic carbocycles. The second kappa shape index (κ2) is 3.87. The van der Waals surface area contributed by atoms with Gasteiger partial charge in [0.25, 0.3) is 0 Å². The first-order valence-corrected chi connectivity index (χ1v) is 5.86. The minimum Gasteiger partial charge on any atom is -0.316 e. The van der Waals surface area contributed by atoms with Crippen LogP contribution in [0, 0.1) is 6.92 Å². The lowest BCUT2D eigenvalue weighted by atomic mass is 9.95. The van der Waals surface area contributed by atoms with Crippen molar-refractivity contribution in [2.45, 2.75) is 25.7 Å². The molecule has 1 saturated heterocycles. The standard InChI is InChI=1S/C12H16N4/c1-9-7-11(10-3-2-4-13-8-10)16-6-5-14-12(16)15-9/h5-7,10,13H,2-4,8H2,1H3. The molecule has 0 amide bonds. The number of aryl methyl sites for hydroxylation is 1. The Morgan fingerprint density at radius 2 is 2.44 bits per heavy atom. The molecule has 2 aromatic heterocycles. The Bertz CT molecular complexity index is 497. The third kappa shape index (κ3) is 1.59. The van der Waals surface area contributed by atoms with E-state index in [9.17, 15) is 0 Å². The molecular weight excluding hydrogens is 200 g/mol. The molecule has 2 aromatic rings. The molecule has 0 radical (unpaired) electrons. The molecule has 0 aromatic carbocycles. The summed E-state index contributed by atoms with van der Waals surface area (Å²) >= 11 is 0. The summed E-state index contributed by atoms with van der Waals surface area (Å²) in [6, 6.07) is 2.19. The molecule has 3 heterocycles. The van der Waals surface area contributed by atoms with Crippen LogP contribution in [0.5, 0.6) is 0 Å². The van der Waals surface area contributed by atoms with Crippen molar-refractivity contribution in [2.75, 3.05) is 13.1 Å². The lowest BCUT2D eigenvalue weighted by molar-refractivity contribution is 0.451. The molecule has 3 rings (SSSR count). The number of nitrogens with zero attached hydrogens (tertiary/aromatic N) is 3. The van der Waals surface area contributed by atoms with Crippen molar-refractivity contribution in [3.8, 4) is 0 Å². The van der Waals surface area contributed by atoms with E-state index in [0.717, 1.165) is 24.6 Å². The Hall–Kier alpha value is -1.42. The summed E-state index contributed by atoms with van der Waals surface area (Å²) in [7, 11) is 0. The van der Waals surface area contributed by atoms with E-state index >= 15 is 0 Å². The van der Waals surface area contributed by atoms with Crippen molar-refractivity contribution < 1.29 is 0 Å². The zero-order valence-corrected chi connectivity index (χ0v) is 9.48. The predicted octanol–water partition coefficient (Wildman–Crippen LogP) is 1.50. The maximum Gasteiger partial charge on any atom is 0.234 e. The number of imidazole rings is 1. The quantitative estimate of drug-likeness (QED) is 0.785. The Morgan fingerprint density at radius 1 is 1.50 bits per heavy atom. The van der Waals surface area contributed by atoms with Gasteiger partial charge in [0, 0.05) is 36.2 Å². The minimum absolute atomic E-state index is 0.590. The highest BCUT2D eigenvalue weighted by molar-refractivity contribution is 5.34. The summed E-state index contributed by atoms with van der Waals surface area (Å²) < 4.78 is 2.12. The summed E-state index contributed by atoms with van der Waals surface area (Å²) in [4.78, 5) is 8.69. The first-order chi connectivity index (χ1) is 7.84. The van der Waals surface area contributed by atoms with Crippen LogP contribution in [-0.2, 0) is 0 Å². The highest BCUT2D eigenvalue weighted by atomic mass is 15.1. The third-order valence-corrected chi connectivity index (χ3v) is 3.25. The van der Waals surface area contributed by atoms with Crippen LogP contribution < -0.4 is 5.32 Å². The molecule has 84 valence electrons. The molecule has 0 bridgehead atoms. The molecule has 4 nitrogen and oxygen atoms in total. The Morgan fingerprint density at radius 3 is 3.25 bits per heavy atom. The van der Waals surface area contributed by atoms with E-state index in [-0.39, 0.29) is 0 Å². The van der Waals surface area contributed by atoms with E-state index in [4.69, 9.17) is 0 Å². The van der Waals surface area contributed by atoms with Crippen molar-refractivity contribution in [1.82, 2.24) is 19.7 Å². The minimum atomic E-state index is 0.590. The van der Waals surface area contributed by atoms with Gasteiger partial charge in [0.15, 0.2) is 0 Å². The molecule has 16 heavy (non-hydrogen) atoms. The zero-order chi connectivity index (χ0) is 11.0. The predicted molar refractivity (Wildman–Crippen MR) is 62.6 cm³/mol. The molecule has 4 heteroatoms. The van der Waals surface area contributed by atoms with Gasteiger partial charge in [-0.3, -0.25) is 4.40 Å². The number of aromatic nitrogens is 3. The van der Waals surface area contributed by atoms with Crippen molar-refractivity contribution >= 4 is 5.78 Å². The maximum atomic E-state index is 4.42. The number of piperidine rings is 1. The topological polar surface area (TPSA) is 42.2 Å². The summed E-state index contributed by atoms with van der Waals surface area (Å²) in [5, 5.41) is 3.46. The SMILES string of the molecule is Cc1cc(C2CCCNC2)n2ccnc2n1. The van der Waals surface area contributed by atoms with Gasteiger partial charge >= 0.3 is 0 Å². The van der Waals surface area contributed by atoms with Crippen molar-refractivity contribution in [1.29, 1.82) is 0 Å². The first kappa shape index (κ1) is 9.78. The number of nitrogens with one attached hydrogen (secondary N) is 1. The molecule has 1 atom stereocenters. The fraction of sp³-hybridized carbons (Fsp3) is 0.500. The normalized spacial score (nSPS) is 21.4. The summed E-state index contributed by atoms with van der Waals surface area (Å²) in [5.41, 5.74) is 2.39. The second-order valence-electron chi connectivity index (χ2n) is 4.46. The van der Waals surface area contributed by atoms with Crippen LogP contribution in [0.15, 0.2) is 18.5 Å². The highest BCUT2D eigenvalue weighted by Crippen LogP contribution is 2.23. The number of hydrogen-bond acceptors (Lipinski definition) is 3. The summed E-state index contributed by atoms with van der Waals surface area (Å²) in [6.45, 7) is 4.25. The molecule has 1 N–H and O–H groups in total. The lowest BCUT2D eigenvalue weighted by Gasteiger charge is -2.24. The molecule has 1 unspecified atom stereocenters. The lowest BCUT2D eigenvalue weighted by Crippen LogP contribution is -2.29. The van der Waals surface area contributed by atoms with E-state index in [1.807, 2.05) is 19.3 Å². The molecule has 0 saturated carbocycles. The van der Waals surface area contributed by atoms with Gasteiger partial charge in [-0.25, -0.2) is 9.97 Å². The largest absolute Gasteiger partial charge is 0.316 e. The zero-order valence-electron chi connectivity index (χ0n) is 9.48. The van der Waals surface area contributed by atoms with Crippen LogP contribution >= 0.6 is 0 Å². The fourth-order valence-corrected chi connectivity index (χ4v) is 2.47. The van der Waals surface area contributed by atoms with Gasteiger partial charge in [0.05, 0.1) is 0 Å². The van der Waals surface area contributed by atoms with Crippen LogP contribution in [0.4, 0.5) is 0 Å². The monoisotopic (exact) mass is 216 g/mol. The third-order valence-electron chi connectivity index (χ3n) is 3.25. The molecule has 1 fully saturated rings. The first-order valence-electron chi connectivity index (χ1n) is 5.86. The Balaban J connectivity index is 2.09. The number of fused-ring (bicyclic) bond motifs is 1. The smallest absolute Gasteiger partial charge is 0.234 e. The Kier molecular flexibility index (Phi) is 2.36. The van der Waals surface area contributed by atoms with Crippen molar-refractivity contribution in [3.05, 3.63) is 29.8 Å². The van der Waals surface area contributed by atoms with Crippen LogP contribution in [0.25, 0.3) is 5.78 Å². The van der Waals surface area contributed by atoms with Gasteiger partial charge in [-0.15, -0.1) is 0 Å². The fourth-order valence-electron chi connectivity index (χ4n) is 2.47. The van der Waals surface area contributed by atoms with Gasteiger partial charge in [0.1, 0.15) is 0 Å². The van der Waals surface area contributed by atoms with E-state index in [2.05, 4.69) is 25.8 Å². The van der Waals surface area contributed by atoms with Gasteiger partial charge in [-0.05, 0) is 32.4 Å². The van der Waals surface area contributed by atoms with Crippen LogP contribution in [-0.4, -0.2) is 27.5 Å². The second-order valence-corrected chi connectivity index (χ2v) is 4.46. The highest BCUT2D eigenvalue weighted by Gasteiger charge is 2.18.